The molecule has 0 spiro atoms. The van der Waals surface area contributed by atoms with Gasteiger partial charge < -0.3 is 10.1 Å². The van der Waals surface area contributed by atoms with Crippen molar-refractivity contribution in [2.45, 2.75) is 6.04 Å². The average molecular weight is 375 g/mol. The van der Waals surface area contributed by atoms with Crippen molar-refractivity contribution in [1.82, 2.24) is 5.32 Å². The van der Waals surface area contributed by atoms with Gasteiger partial charge in [-0.15, -0.1) is 0 Å². The molecule has 0 radical (unpaired) electrons. The van der Waals surface area contributed by atoms with E-state index in [1.165, 1.54) is 0 Å². The average Bonchev–Trinajstić information content (AvgIpc) is 2.43. The first-order chi connectivity index (χ1) is 9.56. The van der Waals surface area contributed by atoms with Gasteiger partial charge in [-0.05, 0) is 42.4 Å². The molecule has 2 rings (SSSR count). The molecular formula is C15H14BrCl2NO. The van der Waals surface area contributed by atoms with Crippen molar-refractivity contribution in [1.29, 1.82) is 0 Å². The lowest BCUT2D eigenvalue weighted by molar-refractivity contribution is 0.414. The third-order valence-electron chi connectivity index (χ3n) is 3.07. The second kappa shape index (κ2) is 6.81. The maximum atomic E-state index is 6.33. The number of rotatable bonds is 4. The fourth-order valence-corrected chi connectivity index (χ4v) is 3.07. The Hall–Kier alpha value is -0.740. The van der Waals surface area contributed by atoms with Crippen molar-refractivity contribution in [3.05, 3.63) is 62.0 Å². The molecule has 0 heterocycles. The molecule has 0 fully saturated rings. The number of nitrogens with one attached hydrogen (secondary N) is 1. The molecule has 1 unspecified atom stereocenters. The lowest BCUT2D eigenvalue weighted by Gasteiger charge is -2.19. The Balaban J connectivity index is 2.46. The second-order valence-corrected chi connectivity index (χ2v) is 6.01. The summed E-state index contributed by atoms with van der Waals surface area (Å²) in [5.41, 5.74) is 2.04. The quantitative estimate of drug-likeness (QED) is 0.806. The van der Waals surface area contributed by atoms with E-state index in [0.29, 0.717) is 15.8 Å². The van der Waals surface area contributed by atoms with Gasteiger partial charge in [0.15, 0.2) is 0 Å². The van der Waals surface area contributed by atoms with Crippen LogP contribution < -0.4 is 10.1 Å². The van der Waals surface area contributed by atoms with Crippen molar-refractivity contribution in [3.8, 4) is 5.75 Å². The smallest absolute Gasteiger partial charge is 0.137 e. The largest absolute Gasteiger partial charge is 0.495 e. The van der Waals surface area contributed by atoms with Gasteiger partial charge in [-0.2, -0.15) is 0 Å². The van der Waals surface area contributed by atoms with E-state index in [9.17, 15) is 0 Å². The number of hydrogen-bond donors (Lipinski definition) is 1. The monoisotopic (exact) mass is 373 g/mol. The summed E-state index contributed by atoms with van der Waals surface area (Å²) in [7, 11) is 3.50. The Labute approximate surface area is 137 Å². The lowest BCUT2D eigenvalue weighted by atomic mass is 9.98. The molecule has 2 aromatic rings. The summed E-state index contributed by atoms with van der Waals surface area (Å²) in [5.74, 6) is 0.651. The van der Waals surface area contributed by atoms with E-state index in [0.717, 1.165) is 15.6 Å². The van der Waals surface area contributed by atoms with Gasteiger partial charge in [0.2, 0.25) is 0 Å². The minimum absolute atomic E-state index is 0.0261. The molecule has 0 aliphatic rings. The molecule has 0 bridgehead atoms. The van der Waals surface area contributed by atoms with Crippen molar-refractivity contribution in [2.24, 2.45) is 0 Å². The number of methoxy groups -OCH3 is 1. The van der Waals surface area contributed by atoms with Crippen LogP contribution in [0, 0.1) is 0 Å². The van der Waals surface area contributed by atoms with Gasteiger partial charge in [0, 0.05) is 9.50 Å². The first-order valence-corrected chi connectivity index (χ1v) is 7.57. The molecule has 5 heteroatoms. The SMILES string of the molecule is CNC(c1ccc(Cl)c(OC)c1)c1ccc(Br)cc1Cl. The zero-order chi connectivity index (χ0) is 14.7. The van der Waals surface area contributed by atoms with Gasteiger partial charge in [-0.25, -0.2) is 0 Å². The summed E-state index contributed by atoms with van der Waals surface area (Å²) in [6, 6.07) is 11.5. The highest BCUT2D eigenvalue weighted by Gasteiger charge is 2.17. The van der Waals surface area contributed by atoms with Crippen molar-refractivity contribution in [3.63, 3.8) is 0 Å². The topological polar surface area (TPSA) is 21.3 Å². The van der Waals surface area contributed by atoms with Crippen molar-refractivity contribution in [2.75, 3.05) is 14.2 Å². The highest BCUT2D eigenvalue weighted by Crippen LogP contribution is 2.34. The summed E-state index contributed by atoms with van der Waals surface area (Å²) in [5, 5.41) is 4.56. The first-order valence-electron chi connectivity index (χ1n) is 6.02. The Bertz CT molecular complexity index is 619. The third kappa shape index (κ3) is 3.29. The number of hydrogen-bond acceptors (Lipinski definition) is 2. The van der Waals surface area contributed by atoms with Crippen LogP contribution in [-0.4, -0.2) is 14.2 Å². The molecule has 2 aromatic carbocycles. The zero-order valence-corrected chi connectivity index (χ0v) is 14.2. The van der Waals surface area contributed by atoms with E-state index in [1.54, 1.807) is 7.11 Å². The fourth-order valence-electron chi connectivity index (χ4n) is 2.09. The molecule has 20 heavy (non-hydrogen) atoms. The maximum absolute atomic E-state index is 6.33. The first kappa shape index (κ1) is 15.6. The van der Waals surface area contributed by atoms with Gasteiger partial charge >= 0.3 is 0 Å². The molecule has 0 aromatic heterocycles. The summed E-state index contributed by atoms with van der Waals surface area (Å²) in [6.07, 6.45) is 0. The van der Waals surface area contributed by atoms with Crippen LogP contribution in [0.3, 0.4) is 0 Å². The Kier molecular flexibility index (Phi) is 5.33. The van der Waals surface area contributed by atoms with E-state index in [2.05, 4.69) is 21.2 Å². The van der Waals surface area contributed by atoms with Gasteiger partial charge in [0.1, 0.15) is 5.75 Å². The lowest BCUT2D eigenvalue weighted by Crippen LogP contribution is -2.18. The molecule has 2 nitrogen and oxygen atoms in total. The maximum Gasteiger partial charge on any atom is 0.137 e. The molecule has 1 atom stereocenters. The van der Waals surface area contributed by atoms with Crippen LogP contribution >= 0.6 is 39.1 Å². The summed E-state index contributed by atoms with van der Waals surface area (Å²) < 4.78 is 6.22. The van der Waals surface area contributed by atoms with Crippen molar-refractivity contribution < 1.29 is 4.74 Å². The molecule has 106 valence electrons. The third-order valence-corrected chi connectivity index (χ3v) is 4.20. The normalized spacial score (nSPS) is 12.2. The van der Waals surface area contributed by atoms with Crippen LogP contribution in [0.1, 0.15) is 17.2 Å². The van der Waals surface area contributed by atoms with Crippen LogP contribution in [0.5, 0.6) is 5.75 Å². The van der Waals surface area contributed by atoms with E-state index in [1.807, 2.05) is 43.4 Å². The van der Waals surface area contributed by atoms with Gasteiger partial charge in [0.25, 0.3) is 0 Å². The Morgan fingerprint density at radius 3 is 2.45 bits per heavy atom. The molecule has 0 saturated carbocycles. The second-order valence-electron chi connectivity index (χ2n) is 4.28. The standard InChI is InChI=1S/C15H14BrCl2NO/c1-19-15(11-5-4-10(16)8-13(11)18)9-3-6-12(17)14(7-9)20-2/h3-8,15,19H,1-2H3. The summed E-state index contributed by atoms with van der Waals surface area (Å²) in [6.45, 7) is 0. The predicted octanol–water partition coefficient (Wildman–Crippen LogP) is 5.07. The highest BCUT2D eigenvalue weighted by molar-refractivity contribution is 9.10. The van der Waals surface area contributed by atoms with E-state index in [-0.39, 0.29) is 6.04 Å². The minimum Gasteiger partial charge on any atom is -0.495 e. The number of ether oxygens (including phenoxy) is 1. The Morgan fingerprint density at radius 2 is 1.85 bits per heavy atom. The fraction of sp³-hybridized carbons (Fsp3) is 0.200. The Morgan fingerprint density at radius 1 is 1.10 bits per heavy atom. The van der Waals surface area contributed by atoms with Crippen LogP contribution in [0.15, 0.2) is 40.9 Å². The minimum atomic E-state index is -0.0261. The number of benzene rings is 2. The highest BCUT2D eigenvalue weighted by atomic mass is 79.9. The van der Waals surface area contributed by atoms with Gasteiger partial charge in [-0.3, -0.25) is 0 Å². The summed E-state index contributed by atoms with van der Waals surface area (Å²) >= 11 is 15.8. The van der Waals surface area contributed by atoms with E-state index >= 15 is 0 Å². The van der Waals surface area contributed by atoms with Gasteiger partial charge in [0.05, 0.1) is 18.2 Å². The molecule has 0 saturated heterocycles. The molecule has 1 N–H and O–H groups in total. The molecule has 0 aliphatic heterocycles. The van der Waals surface area contributed by atoms with Crippen LogP contribution in [0.2, 0.25) is 10.0 Å². The number of halogens is 3. The van der Waals surface area contributed by atoms with Crippen LogP contribution in [0.25, 0.3) is 0 Å². The molecule has 0 amide bonds. The predicted molar refractivity (Wildman–Crippen MR) is 88.1 cm³/mol. The van der Waals surface area contributed by atoms with Crippen molar-refractivity contribution >= 4 is 39.1 Å². The van der Waals surface area contributed by atoms with Gasteiger partial charge in [-0.1, -0.05) is 51.3 Å². The van der Waals surface area contributed by atoms with E-state index < -0.39 is 0 Å². The summed E-state index contributed by atoms with van der Waals surface area (Å²) in [4.78, 5) is 0. The molecule has 0 aliphatic carbocycles. The van der Waals surface area contributed by atoms with E-state index in [4.69, 9.17) is 27.9 Å². The van der Waals surface area contributed by atoms with Crippen LogP contribution in [0.4, 0.5) is 0 Å². The molecular weight excluding hydrogens is 361 g/mol. The zero-order valence-electron chi connectivity index (χ0n) is 11.1. The van der Waals surface area contributed by atoms with Crippen LogP contribution in [-0.2, 0) is 0 Å².